The van der Waals surface area contributed by atoms with Gasteiger partial charge in [0.15, 0.2) is 0 Å². The largest absolute Gasteiger partial charge is 0.377 e. The zero-order valence-corrected chi connectivity index (χ0v) is 8.96. The zero-order chi connectivity index (χ0) is 10.2. The average Bonchev–Trinajstić information content (AvgIpc) is 2.69. The molecule has 0 aromatic carbocycles. The number of nitriles is 1. The number of rotatable bonds is 6. The second-order valence-corrected chi connectivity index (χ2v) is 4.01. The summed E-state index contributed by atoms with van der Waals surface area (Å²) in [6.07, 6.45) is 5.61. The molecule has 1 aliphatic rings. The minimum absolute atomic E-state index is 0.0986. The van der Waals surface area contributed by atoms with Crippen LogP contribution >= 0.6 is 0 Å². The van der Waals surface area contributed by atoms with Crippen LogP contribution in [-0.2, 0) is 4.74 Å². The van der Waals surface area contributed by atoms with Crippen molar-refractivity contribution < 1.29 is 4.74 Å². The SMILES string of the molecule is CC(C#N)CNCCOC1CCCC1. The fourth-order valence-corrected chi connectivity index (χ4v) is 1.72. The van der Waals surface area contributed by atoms with Gasteiger partial charge in [0.2, 0.25) is 0 Å². The van der Waals surface area contributed by atoms with Crippen LogP contribution in [0.15, 0.2) is 0 Å². The van der Waals surface area contributed by atoms with Crippen LogP contribution in [0.4, 0.5) is 0 Å². The van der Waals surface area contributed by atoms with Gasteiger partial charge in [-0.15, -0.1) is 0 Å². The van der Waals surface area contributed by atoms with Crippen molar-refractivity contribution in [1.82, 2.24) is 5.32 Å². The highest BCUT2D eigenvalue weighted by Gasteiger charge is 2.14. The van der Waals surface area contributed by atoms with Gasteiger partial charge < -0.3 is 10.1 Å². The highest BCUT2D eigenvalue weighted by atomic mass is 16.5. The first-order valence-electron chi connectivity index (χ1n) is 5.55. The average molecular weight is 196 g/mol. The van der Waals surface area contributed by atoms with E-state index >= 15 is 0 Å². The summed E-state index contributed by atoms with van der Waals surface area (Å²) in [5.41, 5.74) is 0. The number of hydrogen-bond donors (Lipinski definition) is 1. The molecule has 0 saturated heterocycles. The third-order valence-electron chi connectivity index (χ3n) is 2.61. The molecule has 0 bridgehead atoms. The van der Waals surface area contributed by atoms with Crippen LogP contribution in [0, 0.1) is 17.2 Å². The van der Waals surface area contributed by atoms with E-state index in [1.807, 2.05) is 6.92 Å². The smallest absolute Gasteiger partial charge is 0.0666 e. The Morgan fingerprint density at radius 1 is 1.50 bits per heavy atom. The standard InChI is InChI=1S/C11H20N2O/c1-10(8-12)9-13-6-7-14-11-4-2-3-5-11/h10-11,13H,2-7,9H2,1H3. The van der Waals surface area contributed by atoms with Gasteiger partial charge in [-0.25, -0.2) is 0 Å². The number of nitrogens with zero attached hydrogens (tertiary/aromatic N) is 1. The molecule has 0 heterocycles. The van der Waals surface area contributed by atoms with Crippen LogP contribution in [0.25, 0.3) is 0 Å². The molecule has 0 aromatic rings. The van der Waals surface area contributed by atoms with E-state index in [4.69, 9.17) is 10.00 Å². The van der Waals surface area contributed by atoms with E-state index in [9.17, 15) is 0 Å². The van der Waals surface area contributed by atoms with Crippen molar-refractivity contribution in [3.63, 3.8) is 0 Å². The fourth-order valence-electron chi connectivity index (χ4n) is 1.72. The van der Waals surface area contributed by atoms with E-state index in [1.165, 1.54) is 25.7 Å². The molecule has 0 radical (unpaired) electrons. The van der Waals surface area contributed by atoms with Gasteiger partial charge in [-0.3, -0.25) is 0 Å². The minimum Gasteiger partial charge on any atom is -0.377 e. The van der Waals surface area contributed by atoms with E-state index in [0.717, 1.165) is 19.7 Å². The lowest BCUT2D eigenvalue weighted by molar-refractivity contribution is 0.0603. The summed E-state index contributed by atoms with van der Waals surface area (Å²) in [5.74, 6) is 0.0986. The van der Waals surface area contributed by atoms with Crippen molar-refractivity contribution in [1.29, 1.82) is 5.26 Å². The molecule has 1 rings (SSSR count). The van der Waals surface area contributed by atoms with Gasteiger partial charge in [-0.1, -0.05) is 12.8 Å². The quantitative estimate of drug-likeness (QED) is 0.658. The first-order valence-corrected chi connectivity index (χ1v) is 5.55. The lowest BCUT2D eigenvalue weighted by Gasteiger charge is -2.11. The summed E-state index contributed by atoms with van der Waals surface area (Å²) in [4.78, 5) is 0. The molecular formula is C11H20N2O. The van der Waals surface area contributed by atoms with E-state index in [1.54, 1.807) is 0 Å². The van der Waals surface area contributed by atoms with Crippen molar-refractivity contribution in [3.8, 4) is 6.07 Å². The summed E-state index contributed by atoms with van der Waals surface area (Å²) < 4.78 is 5.67. The van der Waals surface area contributed by atoms with Crippen LogP contribution in [0.3, 0.4) is 0 Å². The molecule has 3 nitrogen and oxygen atoms in total. The Morgan fingerprint density at radius 2 is 2.21 bits per heavy atom. The molecule has 1 unspecified atom stereocenters. The van der Waals surface area contributed by atoms with Gasteiger partial charge in [-0.2, -0.15) is 5.26 Å². The molecule has 14 heavy (non-hydrogen) atoms. The van der Waals surface area contributed by atoms with E-state index < -0.39 is 0 Å². The summed E-state index contributed by atoms with van der Waals surface area (Å²) in [6, 6.07) is 2.19. The predicted molar refractivity (Wildman–Crippen MR) is 55.9 cm³/mol. The van der Waals surface area contributed by atoms with Gasteiger partial charge >= 0.3 is 0 Å². The maximum absolute atomic E-state index is 8.54. The van der Waals surface area contributed by atoms with Crippen LogP contribution in [-0.4, -0.2) is 25.8 Å². The fraction of sp³-hybridized carbons (Fsp3) is 0.909. The Morgan fingerprint density at radius 3 is 2.86 bits per heavy atom. The minimum atomic E-state index is 0.0986. The van der Waals surface area contributed by atoms with E-state index in [-0.39, 0.29) is 5.92 Å². The maximum atomic E-state index is 8.54. The van der Waals surface area contributed by atoms with E-state index in [0.29, 0.717) is 6.10 Å². The number of nitrogens with one attached hydrogen (secondary N) is 1. The van der Waals surface area contributed by atoms with Crippen molar-refractivity contribution in [2.24, 2.45) is 5.92 Å². The Hall–Kier alpha value is -0.590. The molecule has 0 amide bonds. The first kappa shape index (κ1) is 11.5. The number of hydrogen-bond acceptors (Lipinski definition) is 3. The highest BCUT2D eigenvalue weighted by molar-refractivity contribution is 4.79. The Labute approximate surface area is 86.4 Å². The van der Waals surface area contributed by atoms with Crippen molar-refractivity contribution in [2.45, 2.75) is 38.7 Å². The Bertz CT molecular complexity index is 182. The second kappa shape index (κ2) is 6.80. The summed E-state index contributed by atoms with van der Waals surface area (Å²) in [7, 11) is 0. The summed E-state index contributed by atoms with van der Waals surface area (Å²) >= 11 is 0. The monoisotopic (exact) mass is 196 g/mol. The number of ether oxygens (including phenoxy) is 1. The summed E-state index contributed by atoms with van der Waals surface area (Å²) in [5, 5.41) is 11.8. The topological polar surface area (TPSA) is 45.0 Å². The van der Waals surface area contributed by atoms with Crippen LogP contribution in [0.1, 0.15) is 32.6 Å². The molecule has 1 atom stereocenters. The lowest BCUT2D eigenvalue weighted by atomic mass is 10.2. The molecule has 3 heteroatoms. The molecule has 0 aliphatic heterocycles. The first-order chi connectivity index (χ1) is 6.83. The lowest BCUT2D eigenvalue weighted by Crippen LogP contribution is -2.26. The zero-order valence-electron chi connectivity index (χ0n) is 8.96. The van der Waals surface area contributed by atoms with Crippen molar-refractivity contribution in [2.75, 3.05) is 19.7 Å². The molecule has 0 spiro atoms. The predicted octanol–water partition coefficient (Wildman–Crippen LogP) is 1.69. The molecule has 1 aliphatic carbocycles. The molecule has 1 saturated carbocycles. The van der Waals surface area contributed by atoms with Crippen LogP contribution in [0.2, 0.25) is 0 Å². The molecule has 80 valence electrons. The molecule has 1 N–H and O–H groups in total. The van der Waals surface area contributed by atoms with Gasteiger partial charge in [0.05, 0.1) is 24.7 Å². The van der Waals surface area contributed by atoms with Crippen molar-refractivity contribution >= 4 is 0 Å². The third kappa shape index (κ3) is 4.59. The van der Waals surface area contributed by atoms with Gasteiger partial charge in [0, 0.05) is 13.1 Å². The highest BCUT2D eigenvalue weighted by Crippen LogP contribution is 2.20. The van der Waals surface area contributed by atoms with Crippen LogP contribution < -0.4 is 5.32 Å². The molecular weight excluding hydrogens is 176 g/mol. The van der Waals surface area contributed by atoms with Gasteiger partial charge in [0.25, 0.3) is 0 Å². The van der Waals surface area contributed by atoms with E-state index in [2.05, 4.69) is 11.4 Å². The maximum Gasteiger partial charge on any atom is 0.0666 e. The Balaban J connectivity index is 1.87. The van der Waals surface area contributed by atoms with Crippen LogP contribution in [0.5, 0.6) is 0 Å². The Kier molecular flexibility index (Phi) is 5.58. The second-order valence-electron chi connectivity index (χ2n) is 4.01. The normalized spacial score (nSPS) is 19.4. The van der Waals surface area contributed by atoms with Gasteiger partial charge in [-0.05, 0) is 19.8 Å². The van der Waals surface area contributed by atoms with Crippen molar-refractivity contribution in [3.05, 3.63) is 0 Å². The molecule has 0 aromatic heterocycles. The third-order valence-corrected chi connectivity index (χ3v) is 2.61. The summed E-state index contributed by atoms with van der Waals surface area (Å²) in [6.45, 7) is 4.33. The molecule has 1 fully saturated rings. The van der Waals surface area contributed by atoms with Gasteiger partial charge in [0.1, 0.15) is 0 Å².